The van der Waals surface area contributed by atoms with Crippen molar-refractivity contribution < 1.29 is 9.90 Å². The molecule has 0 aliphatic rings. The molecule has 0 spiro atoms. The summed E-state index contributed by atoms with van der Waals surface area (Å²) in [7, 11) is 0. The van der Waals surface area contributed by atoms with Crippen LogP contribution in [0.1, 0.15) is 31.2 Å². The molecule has 0 bridgehead atoms. The maximum atomic E-state index is 10.2. The molecule has 0 aromatic heterocycles. The number of amides is 1. The predicted octanol–water partition coefficient (Wildman–Crippen LogP) is 3.06. The van der Waals surface area contributed by atoms with Crippen LogP contribution >= 0.6 is 0 Å². The number of hydrogen-bond donors (Lipinski definition) is 2. The van der Waals surface area contributed by atoms with Gasteiger partial charge in [-0.1, -0.05) is 43.2 Å². The van der Waals surface area contributed by atoms with Gasteiger partial charge < -0.3 is 10.4 Å². The van der Waals surface area contributed by atoms with E-state index in [1.165, 1.54) is 12.0 Å². The maximum absolute atomic E-state index is 10.2. The first-order valence-corrected chi connectivity index (χ1v) is 5.80. The molecule has 16 heavy (non-hydrogen) atoms. The largest absolute Gasteiger partial charge is 0.465 e. The fourth-order valence-corrected chi connectivity index (χ4v) is 1.65. The second-order valence-electron chi connectivity index (χ2n) is 3.88. The van der Waals surface area contributed by atoms with Crippen LogP contribution in [0.25, 0.3) is 0 Å². The van der Waals surface area contributed by atoms with Gasteiger partial charge in [-0.15, -0.1) is 0 Å². The topological polar surface area (TPSA) is 49.3 Å². The van der Waals surface area contributed by atoms with Gasteiger partial charge in [0.2, 0.25) is 0 Å². The van der Waals surface area contributed by atoms with Crippen LogP contribution in [0, 0.1) is 0 Å². The highest BCUT2D eigenvalue weighted by Crippen LogP contribution is 2.07. The van der Waals surface area contributed by atoms with Crippen molar-refractivity contribution in [3.05, 3.63) is 35.9 Å². The lowest BCUT2D eigenvalue weighted by Gasteiger charge is -2.02. The molecule has 2 N–H and O–H groups in total. The molecule has 3 nitrogen and oxygen atoms in total. The quantitative estimate of drug-likeness (QED) is 0.695. The van der Waals surface area contributed by atoms with Crippen LogP contribution in [0.2, 0.25) is 0 Å². The first-order chi connectivity index (χ1) is 7.79. The zero-order chi connectivity index (χ0) is 11.6. The number of carboxylic acid groups (broad SMARTS) is 1. The maximum Gasteiger partial charge on any atom is 0.404 e. The predicted molar refractivity (Wildman–Crippen MR) is 64.6 cm³/mol. The molecule has 0 saturated carbocycles. The summed E-state index contributed by atoms with van der Waals surface area (Å²) in [5.74, 6) is 0. The summed E-state index contributed by atoms with van der Waals surface area (Å²) >= 11 is 0. The van der Waals surface area contributed by atoms with Crippen molar-refractivity contribution in [1.82, 2.24) is 5.32 Å². The number of unbranched alkanes of at least 4 members (excludes halogenated alkanes) is 3. The first kappa shape index (κ1) is 12.6. The Morgan fingerprint density at radius 2 is 1.75 bits per heavy atom. The summed E-state index contributed by atoms with van der Waals surface area (Å²) in [6.07, 6.45) is 4.55. The Morgan fingerprint density at radius 3 is 2.44 bits per heavy atom. The molecule has 1 amide bonds. The van der Waals surface area contributed by atoms with Crippen molar-refractivity contribution in [3.63, 3.8) is 0 Å². The zero-order valence-electron chi connectivity index (χ0n) is 9.48. The molecule has 1 aromatic carbocycles. The number of aryl methyl sites for hydroxylation is 1. The van der Waals surface area contributed by atoms with Gasteiger partial charge in [-0.3, -0.25) is 0 Å². The molecule has 0 aliphatic heterocycles. The normalized spacial score (nSPS) is 10.0. The summed E-state index contributed by atoms with van der Waals surface area (Å²) in [6, 6.07) is 10.4. The Labute approximate surface area is 96.5 Å². The van der Waals surface area contributed by atoms with Crippen molar-refractivity contribution in [3.8, 4) is 0 Å². The molecule has 0 heterocycles. The van der Waals surface area contributed by atoms with E-state index >= 15 is 0 Å². The van der Waals surface area contributed by atoms with Crippen LogP contribution in [0.15, 0.2) is 30.3 Å². The first-order valence-electron chi connectivity index (χ1n) is 5.80. The van der Waals surface area contributed by atoms with Gasteiger partial charge >= 0.3 is 6.09 Å². The third-order valence-corrected chi connectivity index (χ3v) is 2.51. The molecule has 0 unspecified atom stereocenters. The van der Waals surface area contributed by atoms with E-state index in [1.54, 1.807) is 0 Å². The highest BCUT2D eigenvalue weighted by molar-refractivity contribution is 5.64. The van der Waals surface area contributed by atoms with Gasteiger partial charge in [0, 0.05) is 6.54 Å². The fourth-order valence-electron chi connectivity index (χ4n) is 1.65. The fraction of sp³-hybridized carbons (Fsp3) is 0.462. The standard InChI is InChI=1S/C13H19NO2/c15-13(16)14-11-7-2-1-4-8-12-9-5-3-6-10-12/h3,5-6,9-10,14H,1-2,4,7-8,11H2,(H,15,16). The van der Waals surface area contributed by atoms with E-state index in [9.17, 15) is 4.79 Å². The summed E-state index contributed by atoms with van der Waals surface area (Å²) < 4.78 is 0. The lowest BCUT2D eigenvalue weighted by Crippen LogP contribution is -2.21. The van der Waals surface area contributed by atoms with Gasteiger partial charge in [0.05, 0.1) is 0 Å². The minimum Gasteiger partial charge on any atom is -0.465 e. The number of benzene rings is 1. The Bertz CT molecular complexity index is 298. The van der Waals surface area contributed by atoms with Crippen molar-refractivity contribution in [2.24, 2.45) is 0 Å². The van der Waals surface area contributed by atoms with Gasteiger partial charge in [0.15, 0.2) is 0 Å². The number of nitrogens with one attached hydrogen (secondary N) is 1. The van der Waals surface area contributed by atoms with E-state index in [-0.39, 0.29) is 0 Å². The Balaban J connectivity index is 1.94. The van der Waals surface area contributed by atoms with Gasteiger partial charge in [-0.05, 0) is 24.8 Å². The Morgan fingerprint density at radius 1 is 1.06 bits per heavy atom. The molecule has 0 atom stereocenters. The SMILES string of the molecule is O=C(O)NCCCCCCc1ccccc1. The molecular weight excluding hydrogens is 202 g/mol. The van der Waals surface area contributed by atoms with Crippen molar-refractivity contribution in [1.29, 1.82) is 0 Å². The molecule has 1 rings (SSSR count). The summed E-state index contributed by atoms with van der Waals surface area (Å²) in [6.45, 7) is 0.570. The Kier molecular flexibility index (Phi) is 6.07. The number of rotatable bonds is 7. The van der Waals surface area contributed by atoms with Crippen molar-refractivity contribution in [2.75, 3.05) is 6.54 Å². The molecule has 0 fully saturated rings. The molecule has 1 aromatic rings. The molecular formula is C13H19NO2. The highest BCUT2D eigenvalue weighted by Gasteiger charge is 1.95. The van der Waals surface area contributed by atoms with Gasteiger partial charge in [-0.2, -0.15) is 0 Å². The van der Waals surface area contributed by atoms with Crippen molar-refractivity contribution in [2.45, 2.75) is 32.1 Å². The third-order valence-electron chi connectivity index (χ3n) is 2.51. The van der Waals surface area contributed by atoms with E-state index in [1.807, 2.05) is 6.07 Å². The van der Waals surface area contributed by atoms with Crippen LogP contribution < -0.4 is 5.32 Å². The number of hydrogen-bond acceptors (Lipinski definition) is 1. The average molecular weight is 221 g/mol. The smallest absolute Gasteiger partial charge is 0.404 e. The van der Waals surface area contributed by atoms with E-state index < -0.39 is 6.09 Å². The van der Waals surface area contributed by atoms with Gasteiger partial charge in [0.1, 0.15) is 0 Å². The summed E-state index contributed by atoms with van der Waals surface area (Å²) in [5.41, 5.74) is 1.38. The molecule has 0 radical (unpaired) electrons. The number of carbonyl (C=O) groups is 1. The van der Waals surface area contributed by atoms with Gasteiger partial charge in [-0.25, -0.2) is 4.79 Å². The van der Waals surface area contributed by atoms with E-state index in [2.05, 4.69) is 29.6 Å². The molecule has 3 heteroatoms. The average Bonchev–Trinajstić information content (AvgIpc) is 2.29. The van der Waals surface area contributed by atoms with Crippen LogP contribution in [-0.4, -0.2) is 17.7 Å². The monoisotopic (exact) mass is 221 g/mol. The highest BCUT2D eigenvalue weighted by atomic mass is 16.4. The summed E-state index contributed by atoms with van der Waals surface area (Å²) in [5, 5.41) is 10.7. The molecule has 0 aliphatic carbocycles. The van der Waals surface area contributed by atoms with Gasteiger partial charge in [0.25, 0.3) is 0 Å². The van der Waals surface area contributed by atoms with Crippen molar-refractivity contribution >= 4 is 6.09 Å². The molecule has 88 valence electrons. The lowest BCUT2D eigenvalue weighted by atomic mass is 10.1. The zero-order valence-corrected chi connectivity index (χ0v) is 9.48. The molecule has 0 saturated heterocycles. The summed E-state index contributed by atoms with van der Waals surface area (Å²) in [4.78, 5) is 10.2. The van der Waals surface area contributed by atoms with Crippen LogP contribution in [-0.2, 0) is 6.42 Å². The van der Waals surface area contributed by atoms with E-state index in [0.29, 0.717) is 6.54 Å². The third kappa shape index (κ3) is 6.06. The van der Waals surface area contributed by atoms with Crippen LogP contribution in [0.5, 0.6) is 0 Å². The van der Waals surface area contributed by atoms with E-state index in [0.717, 1.165) is 25.7 Å². The minimum absolute atomic E-state index is 0.570. The van der Waals surface area contributed by atoms with Crippen LogP contribution in [0.3, 0.4) is 0 Å². The Hall–Kier alpha value is -1.51. The van der Waals surface area contributed by atoms with E-state index in [4.69, 9.17) is 5.11 Å². The second-order valence-corrected chi connectivity index (χ2v) is 3.88. The minimum atomic E-state index is -0.927. The van der Waals surface area contributed by atoms with Crippen LogP contribution in [0.4, 0.5) is 4.79 Å². The second kappa shape index (κ2) is 7.74. The lowest BCUT2D eigenvalue weighted by molar-refractivity contribution is 0.194.